The van der Waals surface area contributed by atoms with Crippen molar-refractivity contribution < 1.29 is 0 Å². The normalized spacial score (nSPS) is 10.0. The monoisotopic (exact) mass is 228 g/mol. The summed E-state index contributed by atoms with van der Waals surface area (Å²) in [5.41, 5.74) is 6.03. The maximum Gasteiger partial charge on any atom is 0.141 e. The molecular weight excluding hydrogens is 212 g/mol. The van der Waals surface area contributed by atoms with Crippen LogP contribution in [0.2, 0.25) is 0 Å². The SMILES string of the molecule is Cc1ccc(CNc2ccnc(NN)c2)cc1. The molecule has 0 bridgehead atoms. The molecule has 4 N–H and O–H groups in total. The smallest absolute Gasteiger partial charge is 0.141 e. The van der Waals surface area contributed by atoms with Crippen molar-refractivity contribution in [1.29, 1.82) is 0 Å². The molecule has 1 aromatic carbocycles. The summed E-state index contributed by atoms with van der Waals surface area (Å²) < 4.78 is 0. The van der Waals surface area contributed by atoms with Crippen LogP contribution in [0.15, 0.2) is 42.6 Å². The maximum atomic E-state index is 5.30. The van der Waals surface area contributed by atoms with E-state index in [1.54, 1.807) is 6.20 Å². The molecule has 0 aliphatic rings. The van der Waals surface area contributed by atoms with E-state index in [0.29, 0.717) is 5.82 Å². The summed E-state index contributed by atoms with van der Waals surface area (Å²) in [5.74, 6) is 5.95. The van der Waals surface area contributed by atoms with E-state index in [1.807, 2.05) is 12.1 Å². The Morgan fingerprint density at radius 3 is 2.65 bits per heavy atom. The first-order valence-electron chi connectivity index (χ1n) is 5.50. The molecule has 0 radical (unpaired) electrons. The van der Waals surface area contributed by atoms with Crippen molar-refractivity contribution in [3.8, 4) is 0 Å². The molecule has 2 rings (SSSR count). The lowest BCUT2D eigenvalue weighted by atomic mass is 10.1. The molecular formula is C13H16N4. The van der Waals surface area contributed by atoms with E-state index in [-0.39, 0.29) is 0 Å². The third-order valence-electron chi connectivity index (χ3n) is 2.53. The van der Waals surface area contributed by atoms with Gasteiger partial charge < -0.3 is 10.7 Å². The standard InChI is InChI=1S/C13H16N4/c1-10-2-4-11(5-3-10)9-16-12-6-7-15-13(8-12)17-14/h2-8H,9,14H2,1H3,(H2,15,16,17). The number of hydrogen-bond donors (Lipinski definition) is 3. The highest BCUT2D eigenvalue weighted by Crippen LogP contribution is 2.12. The van der Waals surface area contributed by atoms with Gasteiger partial charge in [0, 0.05) is 24.5 Å². The lowest BCUT2D eigenvalue weighted by Gasteiger charge is -2.08. The van der Waals surface area contributed by atoms with Crippen molar-refractivity contribution in [2.75, 3.05) is 10.7 Å². The van der Waals surface area contributed by atoms with Gasteiger partial charge in [0.05, 0.1) is 0 Å². The summed E-state index contributed by atoms with van der Waals surface area (Å²) in [5, 5.41) is 3.32. The van der Waals surface area contributed by atoms with Crippen molar-refractivity contribution >= 4 is 11.5 Å². The predicted octanol–water partition coefficient (Wildman–Crippen LogP) is 2.29. The topological polar surface area (TPSA) is 63.0 Å². The van der Waals surface area contributed by atoms with Gasteiger partial charge in [-0.25, -0.2) is 10.8 Å². The molecule has 1 aromatic heterocycles. The van der Waals surface area contributed by atoms with Crippen LogP contribution in [0.1, 0.15) is 11.1 Å². The van der Waals surface area contributed by atoms with Gasteiger partial charge in [0.1, 0.15) is 5.82 Å². The molecule has 4 nitrogen and oxygen atoms in total. The lowest BCUT2D eigenvalue weighted by molar-refractivity contribution is 1.13. The van der Waals surface area contributed by atoms with Crippen molar-refractivity contribution in [2.45, 2.75) is 13.5 Å². The maximum absolute atomic E-state index is 5.30. The van der Waals surface area contributed by atoms with Crippen LogP contribution in [0.3, 0.4) is 0 Å². The van der Waals surface area contributed by atoms with Crippen molar-refractivity contribution in [1.82, 2.24) is 4.98 Å². The molecule has 2 aromatic rings. The van der Waals surface area contributed by atoms with Gasteiger partial charge in [-0.1, -0.05) is 29.8 Å². The predicted molar refractivity (Wildman–Crippen MR) is 70.6 cm³/mol. The number of anilines is 2. The zero-order valence-electron chi connectivity index (χ0n) is 9.77. The third-order valence-corrected chi connectivity index (χ3v) is 2.53. The number of aryl methyl sites for hydroxylation is 1. The molecule has 0 amide bonds. The number of pyridine rings is 1. The Balaban J connectivity index is 1.99. The van der Waals surface area contributed by atoms with Gasteiger partial charge in [-0.3, -0.25) is 0 Å². The number of aromatic nitrogens is 1. The summed E-state index contributed by atoms with van der Waals surface area (Å²) in [6.45, 7) is 2.87. The number of benzene rings is 1. The number of hydrazine groups is 1. The van der Waals surface area contributed by atoms with Crippen LogP contribution in [0.25, 0.3) is 0 Å². The molecule has 0 spiro atoms. The quantitative estimate of drug-likeness (QED) is 0.555. The van der Waals surface area contributed by atoms with Crippen LogP contribution < -0.4 is 16.6 Å². The fourth-order valence-electron chi connectivity index (χ4n) is 1.53. The molecule has 4 heteroatoms. The molecule has 0 fully saturated rings. The number of nitrogens with two attached hydrogens (primary N) is 1. The average molecular weight is 228 g/mol. The third kappa shape index (κ3) is 3.19. The van der Waals surface area contributed by atoms with E-state index in [9.17, 15) is 0 Å². The summed E-state index contributed by atoms with van der Waals surface area (Å²) in [4.78, 5) is 4.05. The zero-order valence-corrected chi connectivity index (χ0v) is 9.77. The van der Waals surface area contributed by atoms with Crippen LogP contribution in [0, 0.1) is 6.92 Å². The average Bonchev–Trinajstić information content (AvgIpc) is 2.38. The van der Waals surface area contributed by atoms with E-state index in [1.165, 1.54) is 11.1 Å². The first-order valence-corrected chi connectivity index (χ1v) is 5.50. The molecule has 0 saturated carbocycles. The Labute approximate surface area is 101 Å². The summed E-state index contributed by atoms with van der Waals surface area (Å²) in [6.07, 6.45) is 1.71. The van der Waals surface area contributed by atoms with Gasteiger partial charge >= 0.3 is 0 Å². The van der Waals surface area contributed by atoms with E-state index in [2.05, 4.69) is 46.9 Å². The van der Waals surface area contributed by atoms with E-state index >= 15 is 0 Å². The van der Waals surface area contributed by atoms with E-state index in [4.69, 9.17) is 5.84 Å². The second kappa shape index (κ2) is 5.32. The first-order chi connectivity index (χ1) is 8.28. The second-order valence-corrected chi connectivity index (χ2v) is 3.91. The molecule has 1 heterocycles. The fourth-order valence-corrected chi connectivity index (χ4v) is 1.53. The molecule has 0 unspecified atom stereocenters. The largest absolute Gasteiger partial charge is 0.381 e. The highest BCUT2D eigenvalue weighted by Gasteiger charge is 1.96. The minimum Gasteiger partial charge on any atom is -0.381 e. The highest BCUT2D eigenvalue weighted by atomic mass is 15.2. The summed E-state index contributed by atoms with van der Waals surface area (Å²) >= 11 is 0. The van der Waals surface area contributed by atoms with E-state index in [0.717, 1.165) is 12.2 Å². The number of nitrogens with zero attached hydrogens (tertiary/aromatic N) is 1. The molecule has 88 valence electrons. The zero-order chi connectivity index (χ0) is 12.1. The van der Waals surface area contributed by atoms with Gasteiger partial charge in [0.25, 0.3) is 0 Å². The summed E-state index contributed by atoms with van der Waals surface area (Å²) in [7, 11) is 0. The Morgan fingerprint density at radius 2 is 1.94 bits per heavy atom. The van der Waals surface area contributed by atoms with Crippen LogP contribution in [-0.2, 0) is 6.54 Å². The van der Waals surface area contributed by atoms with Gasteiger partial charge in [-0.15, -0.1) is 0 Å². The summed E-state index contributed by atoms with van der Waals surface area (Å²) in [6, 6.07) is 12.2. The van der Waals surface area contributed by atoms with Crippen LogP contribution in [0.5, 0.6) is 0 Å². The molecule has 0 saturated heterocycles. The minimum atomic E-state index is 0.652. The molecule has 0 atom stereocenters. The van der Waals surface area contributed by atoms with Crippen molar-refractivity contribution in [2.24, 2.45) is 5.84 Å². The van der Waals surface area contributed by atoms with Crippen LogP contribution in [0.4, 0.5) is 11.5 Å². The van der Waals surface area contributed by atoms with Gasteiger partial charge in [0.2, 0.25) is 0 Å². The molecule has 0 aliphatic heterocycles. The number of nitrogen functional groups attached to an aromatic ring is 1. The first kappa shape index (κ1) is 11.4. The Bertz CT molecular complexity index is 479. The Kier molecular flexibility index (Phi) is 3.57. The van der Waals surface area contributed by atoms with E-state index < -0.39 is 0 Å². The number of rotatable bonds is 4. The van der Waals surface area contributed by atoms with Gasteiger partial charge in [0.15, 0.2) is 0 Å². The second-order valence-electron chi connectivity index (χ2n) is 3.91. The molecule has 0 aliphatic carbocycles. The number of hydrogen-bond acceptors (Lipinski definition) is 4. The highest BCUT2D eigenvalue weighted by molar-refractivity contribution is 5.51. The minimum absolute atomic E-state index is 0.652. The Hall–Kier alpha value is -2.07. The molecule has 17 heavy (non-hydrogen) atoms. The van der Waals surface area contributed by atoms with Gasteiger partial charge in [-0.2, -0.15) is 0 Å². The number of nitrogens with one attached hydrogen (secondary N) is 2. The van der Waals surface area contributed by atoms with Crippen molar-refractivity contribution in [3.05, 3.63) is 53.7 Å². The fraction of sp³-hybridized carbons (Fsp3) is 0.154. The van der Waals surface area contributed by atoms with Crippen LogP contribution >= 0.6 is 0 Å². The van der Waals surface area contributed by atoms with Crippen molar-refractivity contribution in [3.63, 3.8) is 0 Å². The van der Waals surface area contributed by atoms with Crippen LogP contribution in [-0.4, -0.2) is 4.98 Å². The Morgan fingerprint density at radius 1 is 1.18 bits per heavy atom. The van der Waals surface area contributed by atoms with Gasteiger partial charge in [-0.05, 0) is 18.6 Å². The lowest BCUT2D eigenvalue weighted by Crippen LogP contribution is -2.09.